The number of hydrogen-bond donors (Lipinski definition) is 1. The third-order valence-electron chi connectivity index (χ3n) is 4.93. The van der Waals surface area contributed by atoms with Crippen LogP contribution in [0.3, 0.4) is 0 Å². The molecule has 1 aliphatic heterocycles. The van der Waals surface area contributed by atoms with Crippen LogP contribution in [0.4, 0.5) is 0 Å². The fraction of sp³-hybridized carbons (Fsp3) is 0.381. The Morgan fingerprint density at radius 1 is 1.00 bits per heavy atom. The van der Waals surface area contributed by atoms with Gasteiger partial charge < -0.3 is 15.1 Å². The second-order valence-electron chi connectivity index (χ2n) is 7.30. The monoisotopic (exact) mass is 433 g/mol. The number of carbonyl (C=O) groups is 3. The van der Waals surface area contributed by atoms with E-state index in [1.54, 1.807) is 40.1 Å². The van der Waals surface area contributed by atoms with Crippen molar-refractivity contribution in [3.8, 4) is 0 Å². The van der Waals surface area contributed by atoms with Crippen LogP contribution in [0.15, 0.2) is 41.8 Å². The van der Waals surface area contributed by atoms with Gasteiger partial charge in [-0.05, 0) is 41.6 Å². The highest BCUT2D eigenvalue weighted by molar-refractivity contribution is 7.12. The molecule has 0 spiro atoms. The van der Waals surface area contributed by atoms with Crippen molar-refractivity contribution < 1.29 is 14.4 Å². The first-order valence-electron chi connectivity index (χ1n) is 9.55. The largest absolute Gasteiger partial charge is 0.339 e. The minimum Gasteiger partial charge on any atom is -0.339 e. The van der Waals surface area contributed by atoms with E-state index in [9.17, 15) is 14.4 Å². The second kappa shape index (κ2) is 9.41. The number of thiophene rings is 1. The lowest BCUT2D eigenvalue weighted by atomic mass is 10.0. The number of benzene rings is 1. The summed E-state index contributed by atoms with van der Waals surface area (Å²) in [6, 6.07) is 9.75. The van der Waals surface area contributed by atoms with Gasteiger partial charge in [-0.2, -0.15) is 0 Å². The minimum atomic E-state index is -0.594. The number of nitrogens with zero attached hydrogens (tertiary/aromatic N) is 2. The summed E-state index contributed by atoms with van der Waals surface area (Å²) in [5, 5.41) is 5.28. The molecule has 29 heavy (non-hydrogen) atoms. The van der Waals surface area contributed by atoms with Gasteiger partial charge in [-0.15, -0.1) is 11.3 Å². The average molecular weight is 434 g/mol. The van der Waals surface area contributed by atoms with Crippen molar-refractivity contribution in [2.75, 3.05) is 26.2 Å². The van der Waals surface area contributed by atoms with E-state index in [4.69, 9.17) is 11.6 Å². The number of amides is 3. The molecule has 0 unspecified atom stereocenters. The summed E-state index contributed by atoms with van der Waals surface area (Å²) in [7, 11) is 0. The highest BCUT2D eigenvalue weighted by Crippen LogP contribution is 2.16. The van der Waals surface area contributed by atoms with Gasteiger partial charge >= 0.3 is 0 Å². The number of nitrogens with one attached hydrogen (secondary N) is 1. The number of rotatable bonds is 5. The zero-order chi connectivity index (χ0) is 21.0. The van der Waals surface area contributed by atoms with Crippen LogP contribution >= 0.6 is 22.9 Å². The highest BCUT2D eigenvalue weighted by atomic mass is 35.5. The topological polar surface area (TPSA) is 69.7 Å². The molecule has 1 aromatic carbocycles. The SMILES string of the molecule is CC(C)[C@H](NC(=O)c1cccs1)C(=O)N1CCN(C(=O)c2ccc(Cl)cc2)CC1. The molecule has 1 N–H and O–H groups in total. The van der Waals surface area contributed by atoms with Crippen LogP contribution in [0.1, 0.15) is 33.9 Å². The van der Waals surface area contributed by atoms with E-state index in [0.29, 0.717) is 41.6 Å². The lowest BCUT2D eigenvalue weighted by Crippen LogP contribution is -2.57. The molecule has 1 fully saturated rings. The third kappa shape index (κ3) is 5.16. The van der Waals surface area contributed by atoms with E-state index in [1.165, 1.54) is 11.3 Å². The standard InChI is InChI=1S/C21H24ClN3O3S/c1-14(2)18(23-19(26)17-4-3-13-29-17)21(28)25-11-9-24(10-12-25)20(27)15-5-7-16(22)8-6-15/h3-8,13-14,18H,9-12H2,1-2H3,(H,23,26)/t18-/m0/s1. The fourth-order valence-corrected chi connectivity index (χ4v) is 3.99. The summed E-state index contributed by atoms with van der Waals surface area (Å²) in [6.45, 7) is 5.62. The molecule has 1 aliphatic rings. The number of carbonyl (C=O) groups excluding carboxylic acids is 3. The van der Waals surface area contributed by atoms with Crippen molar-refractivity contribution in [2.45, 2.75) is 19.9 Å². The first kappa shape index (κ1) is 21.3. The molecule has 0 saturated carbocycles. The zero-order valence-corrected chi connectivity index (χ0v) is 18.0. The van der Waals surface area contributed by atoms with Gasteiger partial charge in [-0.1, -0.05) is 31.5 Å². The van der Waals surface area contributed by atoms with Gasteiger partial charge in [0, 0.05) is 36.8 Å². The summed E-state index contributed by atoms with van der Waals surface area (Å²) in [6.07, 6.45) is 0. The van der Waals surface area contributed by atoms with Crippen LogP contribution in [0.2, 0.25) is 5.02 Å². The van der Waals surface area contributed by atoms with Crippen LogP contribution in [0, 0.1) is 5.92 Å². The third-order valence-corrected chi connectivity index (χ3v) is 6.05. The van der Waals surface area contributed by atoms with E-state index < -0.39 is 6.04 Å². The lowest BCUT2D eigenvalue weighted by Gasteiger charge is -2.37. The first-order valence-corrected chi connectivity index (χ1v) is 10.8. The molecule has 2 heterocycles. The molecule has 6 nitrogen and oxygen atoms in total. The summed E-state index contributed by atoms with van der Waals surface area (Å²) < 4.78 is 0. The Labute approximate surface area is 179 Å². The predicted octanol–water partition coefficient (Wildman–Crippen LogP) is 3.14. The van der Waals surface area contributed by atoms with Crippen LogP contribution < -0.4 is 5.32 Å². The molecular weight excluding hydrogens is 410 g/mol. The van der Waals surface area contributed by atoms with Gasteiger partial charge in [0.1, 0.15) is 6.04 Å². The van der Waals surface area contributed by atoms with Crippen LogP contribution in [0.25, 0.3) is 0 Å². The number of halogens is 1. The summed E-state index contributed by atoms with van der Waals surface area (Å²) in [4.78, 5) is 42.1. The van der Waals surface area contributed by atoms with Gasteiger partial charge in [-0.25, -0.2) is 0 Å². The number of hydrogen-bond acceptors (Lipinski definition) is 4. The van der Waals surface area contributed by atoms with E-state index in [0.717, 1.165) is 0 Å². The van der Waals surface area contributed by atoms with Gasteiger partial charge in [0.05, 0.1) is 4.88 Å². The predicted molar refractivity (Wildman–Crippen MR) is 114 cm³/mol. The van der Waals surface area contributed by atoms with E-state index in [1.807, 2.05) is 25.3 Å². The molecule has 2 aromatic rings. The zero-order valence-electron chi connectivity index (χ0n) is 16.4. The molecule has 0 bridgehead atoms. The molecule has 0 radical (unpaired) electrons. The lowest BCUT2D eigenvalue weighted by molar-refractivity contribution is -0.135. The maximum Gasteiger partial charge on any atom is 0.262 e. The van der Waals surface area contributed by atoms with E-state index in [-0.39, 0.29) is 23.6 Å². The minimum absolute atomic E-state index is 0.0415. The first-order chi connectivity index (χ1) is 13.9. The Kier molecular flexibility index (Phi) is 6.92. The molecule has 8 heteroatoms. The van der Waals surface area contributed by atoms with Crippen molar-refractivity contribution >= 4 is 40.7 Å². The maximum absolute atomic E-state index is 13.0. The number of piperazine rings is 1. The van der Waals surface area contributed by atoms with Crippen molar-refractivity contribution in [2.24, 2.45) is 5.92 Å². The van der Waals surface area contributed by atoms with Gasteiger partial charge in [0.25, 0.3) is 11.8 Å². The summed E-state index contributed by atoms with van der Waals surface area (Å²) >= 11 is 7.23. The molecule has 3 amide bonds. The van der Waals surface area contributed by atoms with Crippen LogP contribution in [-0.2, 0) is 4.79 Å². The maximum atomic E-state index is 13.0. The average Bonchev–Trinajstić information content (AvgIpc) is 3.26. The summed E-state index contributed by atoms with van der Waals surface area (Å²) in [5.74, 6) is -0.451. The quantitative estimate of drug-likeness (QED) is 0.787. The van der Waals surface area contributed by atoms with Crippen molar-refractivity contribution in [3.05, 3.63) is 57.2 Å². The summed E-state index contributed by atoms with van der Waals surface area (Å²) in [5.41, 5.74) is 0.581. The van der Waals surface area contributed by atoms with Crippen molar-refractivity contribution in [1.82, 2.24) is 15.1 Å². The Bertz CT molecular complexity index is 860. The molecule has 154 valence electrons. The van der Waals surface area contributed by atoms with Gasteiger partial charge in [0.15, 0.2) is 0 Å². The molecular formula is C21H24ClN3O3S. The Balaban J connectivity index is 1.59. The van der Waals surface area contributed by atoms with E-state index >= 15 is 0 Å². The molecule has 0 aliphatic carbocycles. The normalized spacial score (nSPS) is 15.3. The van der Waals surface area contributed by atoms with Gasteiger partial charge in [-0.3, -0.25) is 14.4 Å². The van der Waals surface area contributed by atoms with Gasteiger partial charge in [0.2, 0.25) is 5.91 Å². The van der Waals surface area contributed by atoms with Crippen LogP contribution in [-0.4, -0.2) is 59.7 Å². The Hall–Kier alpha value is -2.38. The highest BCUT2D eigenvalue weighted by Gasteiger charge is 2.32. The van der Waals surface area contributed by atoms with Crippen molar-refractivity contribution in [3.63, 3.8) is 0 Å². The molecule has 1 saturated heterocycles. The molecule has 3 rings (SSSR count). The van der Waals surface area contributed by atoms with E-state index in [2.05, 4.69) is 5.32 Å². The Morgan fingerprint density at radius 3 is 2.17 bits per heavy atom. The fourth-order valence-electron chi connectivity index (χ4n) is 3.24. The molecule has 1 aromatic heterocycles. The second-order valence-corrected chi connectivity index (χ2v) is 8.68. The van der Waals surface area contributed by atoms with Crippen LogP contribution in [0.5, 0.6) is 0 Å². The molecule has 1 atom stereocenters. The van der Waals surface area contributed by atoms with Crippen molar-refractivity contribution in [1.29, 1.82) is 0 Å². The Morgan fingerprint density at radius 2 is 1.62 bits per heavy atom. The smallest absolute Gasteiger partial charge is 0.262 e.